The Kier molecular flexibility index (Phi) is 7.68. The maximum absolute atomic E-state index is 13.7. The average molecular weight is 528 g/mol. The lowest BCUT2D eigenvalue weighted by Crippen LogP contribution is -2.43. The van der Waals surface area contributed by atoms with Gasteiger partial charge >= 0.3 is 0 Å². The summed E-state index contributed by atoms with van der Waals surface area (Å²) in [5.74, 6) is -0.577. The van der Waals surface area contributed by atoms with E-state index in [1.807, 2.05) is 26.8 Å². The van der Waals surface area contributed by atoms with Crippen LogP contribution in [0, 0.1) is 33.6 Å². The number of nitrogens with zero attached hydrogens (tertiary/aromatic N) is 2. The van der Waals surface area contributed by atoms with Crippen molar-refractivity contribution in [2.24, 2.45) is 5.92 Å². The van der Waals surface area contributed by atoms with E-state index in [2.05, 4.69) is 22.6 Å². The molecule has 1 aromatic heterocycles. The first-order valence-corrected chi connectivity index (χ1v) is 13.7. The van der Waals surface area contributed by atoms with E-state index in [0.717, 1.165) is 16.7 Å². The molecule has 1 atom stereocenters. The molecule has 1 N–H and O–H groups in total. The Morgan fingerprint density at radius 3 is 2.53 bits per heavy atom. The molecule has 0 unspecified atom stereocenters. The van der Waals surface area contributed by atoms with E-state index in [1.54, 1.807) is 37.3 Å². The highest BCUT2D eigenvalue weighted by atomic mass is 35.5. The van der Waals surface area contributed by atoms with E-state index in [0.29, 0.717) is 30.1 Å². The summed E-state index contributed by atoms with van der Waals surface area (Å²) in [5, 5.41) is 7.20. The average Bonchev–Trinajstić information content (AvgIpc) is 3.21. The Hall–Kier alpha value is -2.94. The molecule has 0 bridgehead atoms. The fraction of sp³-hybridized carbons (Fsp3) is 0.333. The summed E-state index contributed by atoms with van der Waals surface area (Å²) in [4.78, 5) is 13.0. The third-order valence-corrected chi connectivity index (χ3v) is 8.81. The molecule has 190 valence electrons. The number of hydrogen-bond acceptors (Lipinski definition) is 5. The van der Waals surface area contributed by atoms with Crippen molar-refractivity contribution in [3.8, 4) is 0 Å². The second-order valence-corrected chi connectivity index (χ2v) is 11.6. The van der Waals surface area contributed by atoms with Crippen LogP contribution in [-0.4, -0.2) is 36.9 Å². The molecule has 1 aliphatic heterocycles. The molecule has 1 fully saturated rings. The number of aromatic nitrogens is 1. The van der Waals surface area contributed by atoms with Crippen LogP contribution >= 0.6 is 11.6 Å². The number of carbonyl (C=O) groups excluding carboxylic acids is 1. The van der Waals surface area contributed by atoms with Crippen molar-refractivity contribution in [3.05, 3.63) is 75.1 Å². The molecule has 0 spiro atoms. The van der Waals surface area contributed by atoms with Gasteiger partial charge in [-0.2, -0.15) is 4.31 Å². The van der Waals surface area contributed by atoms with Crippen LogP contribution in [0.5, 0.6) is 0 Å². The van der Waals surface area contributed by atoms with Crippen LogP contribution in [0.4, 0.5) is 5.69 Å². The van der Waals surface area contributed by atoms with Gasteiger partial charge < -0.3 is 9.84 Å². The lowest BCUT2D eigenvalue weighted by Gasteiger charge is -2.31. The summed E-state index contributed by atoms with van der Waals surface area (Å²) in [5.41, 5.74) is 5.15. The van der Waals surface area contributed by atoms with Crippen molar-refractivity contribution in [2.45, 2.75) is 45.4 Å². The highest BCUT2D eigenvalue weighted by Gasteiger charge is 2.37. The van der Waals surface area contributed by atoms with Gasteiger partial charge in [0.15, 0.2) is 10.7 Å². The van der Waals surface area contributed by atoms with Crippen molar-refractivity contribution < 1.29 is 17.7 Å². The molecule has 0 radical (unpaired) electrons. The first-order valence-electron chi connectivity index (χ1n) is 11.9. The summed E-state index contributed by atoms with van der Waals surface area (Å²) in [6.45, 7) is 8.08. The molecule has 36 heavy (non-hydrogen) atoms. The van der Waals surface area contributed by atoms with Gasteiger partial charge in [0.2, 0.25) is 15.9 Å². The van der Waals surface area contributed by atoms with Crippen LogP contribution < -0.4 is 5.32 Å². The molecule has 9 heteroatoms. The zero-order chi connectivity index (χ0) is 26.0. The lowest BCUT2D eigenvalue weighted by atomic mass is 9.99. The maximum atomic E-state index is 13.7. The minimum absolute atomic E-state index is 0.0355. The Morgan fingerprint density at radius 2 is 1.83 bits per heavy atom. The fourth-order valence-corrected chi connectivity index (χ4v) is 6.67. The van der Waals surface area contributed by atoms with E-state index in [4.69, 9.17) is 16.1 Å². The minimum atomic E-state index is -3.94. The number of benzene rings is 2. The molecular weight excluding hydrogens is 498 g/mol. The van der Waals surface area contributed by atoms with Gasteiger partial charge in [-0.3, -0.25) is 4.79 Å². The van der Waals surface area contributed by atoms with Crippen molar-refractivity contribution >= 4 is 45.4 Å². The highest BCUT2D eigenvalue weighted by Crippen LogP contribution is 2.31. The van der Waals surface area contributed by atoms with E-state index in [1.165, 1.54) is 9.87 Å². The number of hydrogen-bond donors (Lipinski definition) is 1. The van der Waals surface area contributed by atoms with Crippen molar-refractivity contribution in [2.75, 3.05) is 18.4 Å². The van der Waals surface area contributed by atoms with Gasteiger partial charge in [0.05, 0.1) is 16.6 Å². The number of sulfonamides is 1. The Labute approximate surface area is 217 Å². The number of rotatable bonds is 6. The molecule has 0 aliphatic carbocycles. The zero-order valence-electron chi connectivity index (χ0n) is 20.8. The second kappa shape index (κ2) is 10.6. The molecule has 1 saturated heterocycles. The monoisotopic (exact) mass is 527 g/mol. The van der Waals surface area contributed by atoms with Crippen molar-refractivity contribution in [1.29, 1.82) is 0 Å². The Morgan fingerprint density at radius 1 is 1.14 bits per heavy atom. The van der Waals surface area contributed by atoms with Crippen LogP contribution in [0.3, 0.4) is 0 Å². The molecule has 1 amide bonds. The molecule has 2 heterocycles. The quantitative estimate of drug-likeness (QED) is 0.439. The van der Waals surface area contributed by atoms with E-state index in [9.17, 15) is 13.2 Å². The van der Waals surface area contributed by atoms with Gasteiger partial charge in [-0.1, -0.05) is 52.7 Å². The number of carbonyl (C=O) groups is 1. The van der Waals surface area contributed by atoms with E-state index in [-0.39, 0.29) is 28.8 Å². The smallest absolute Gasteiger partial charge is 0.248 e. The summed E-state index contributed by atoms with van der Waals surface area (Å²) in [6.07, 6.45) is 4.67. The lowest BCUT2D eigenvalue weighted by molar-refractivity contribution is -0.120. The topological polar surface area (TPSA) is 92.5 Å². The number of halogens is 1. The number of para-hydroxylation sites is 1. The Balaban J connectivity index is 1.57. The molecule has 0 saturated carbocycles. The SMILES string of the molecule is Cc1cc(C)c(/C=C/c2onc(C)c2S(=O)(=O)N2CCC[C@H](C(=O)Nc3ccccc3Cl)C2)c(C)c1. The standard InChI is InChI=1S/C27H30ClN3O4S/c1-17-14-18(2)22(19(3)15-17)11-12-25-26(20(4)30-35-25)36(33,34)31-13-7-8-21(16-31)27(32)29-24-10-6-5-9-23(24)28/h5-6,9-12,14-15,21H,7-8,13,16H2,1-4H3,(H,29,32)/b12-11+/t21-/m0/s1. The minimum Gasteiger partial charge on any atom is -0.355 e. The first-order chi connectivity index (χ1) is 17.1. The summed E-state index contributed by atoms with van der Waals surface area (Å²) < 4.78 is 34.2. The van der Waals surface area contributed by atoms with Crippen LogP contribution in [0.1, 0.15) is 46.5 Å². The predicted molar refractivity (Wildman–Crippen MR) is 142 cm³/mol. The van der Waals surface area contributed by atoms with Gasteiger partial charge in [-0.25, -0.2) is 8.42 Å². The number of aryl methyl sites for hydroxylation is 4. The molecule has 4 rings (SSSR count). The van der Waals surface area contributed by atoms with E-state index >= 15 is 0 Å². The maximum Gasteiger partial charge on any atom is 0.248 e. The number of anilines is 1. The van der Waals surface area contributed by atoms with Gasteiger partial charge in [0, 0.05) is 13.1 Å². The molecular formula is C27H30ClN3O4S. The van der Waals surface area contributed by atoms with Crippen LogP contribution in [0.25, 0.3) is 12.2 Å². The number of piperidine rings is 1. The summed E-state index contributed by atoms with van der Waals surface area (Å²) in [6, 6.07) is 11.1. The van der Waals surface area contributed by atoms with Gasteiger partial charge in [-0.05, 0) is 75.4 Å². The first kappa shape index (κ1) is 26.1. The summed E-state index contributed by atoms with van der Waals surface area (Å²) in [7, 11) is -3.94. The molecule has 2 aromatic carbocycles. The van der Waals surface area contributed by atoms with E-state index < -0.39 is 15.9 Å². The Bertz CT molecular complexity index is 1410. The van der Waals surface area contributed by atoms with Crippen molar-refractivity contribution in [3.63, 3.8) is 0 Å². The second-order valence-electron chi connectivity index (χ2n) is 9.28. The molecule has 7 nitrogen and oxygen atoms in total. The third kappa shape index (κ3) is 5.40. The van der Waals surface area contributed by atoms with Crippen LogP contribution in [0.15, 0.2) is 45.8 Å². The molecule has 1 aliphatic rings. The van der Waals surface area contributed by atoms with Gasteiger partial charge in [0.25, 0.3) is 0 Å². The van der Waals surface area contributed by atoms with Crippen LogP contribution in [0.2, 0.25) is 5.02 Å². The highest BCUT2D eigenvalue weighted by molar-refractivity contribution is 7.89. The largest absolute Gasteiger partial charge is 0.355 e. The normalized spacial score (nSPS) is 17.0. The number of nitrogens with one attached hydrogen (secondary N) is 1. The van der Waals surface area contributed by atoms with Gasteiger partial charge in [0.1, 0.15) is 5.69 Å². The zero-order valence-corrected chi connectivity index (χ0v) is 22.4. The fourth-order valence-electron chi connectivity index (χ4n) is 4.71. The summed E-state index contributed by atoms with van der Waals surface area (Å²) >= 11 is 6.17. The molecule has 3 aromatic rings. The van der Waals surface area contributed by atoms with Gasteiger partial charge in [-0.15, -0.1) is 0 Å². The van der Waals surface area contributed by atoms with Crippen molar-refractivity contribution in [1.82, 2.24) is 9.46 Å². The third-order valence-electron chi connectivity index (χ3n) is 6.46. The van der Waals surface area contributed by atoms with Crippen LogP contribution in [-0.2, 0) is 14.8 Å². The predicted octanol–water partition coefficient (Wildman–Crippen LogP) is 5.77. The number of amides is 1.